The summed E-state index contributed by atoms with van der Waals surface area (Å²) in [5.41, 5.74) is 1.14. The monoisotopic (exact) mass is 452 g/mol. The second-order valence-electron chi connectivity index (χ2n) is 9.14. The minimum atomic E-state index is -4.39. The molecule has 3 aromatic rings. The molecule has 0 unspecified atom stereocenters. The molecule has 172 valence electrons. The second kappa shape index (κ2) is 10.00. The van der Waals surface area contributed by atoms with Gasteiger partial charge in [0.15, 0.2) is 0 Å². The maximum absolute atomic E-state index is 15.0. The normalized spacial score (nSPS) is 18.7. The summed E-state index contributed by atoms with van der Waals surface area (Å²) in [5.74, 6) is 6.83. The van der Waals surface area contributed by atoms with E-state index in [-0.39, 0.29) is 5.56 Å². The van der Waals surface area contributed by atoms with Gasteiger partial charge in [-0.3, -0.25) is 0 Å². The van der Waals surface area contributed by atoms with Crippen molar-refractivity contribution in [2.75, 3.05) is 0 Å². The van der Waals surface area contributed by atoms with Crippen molar-refractivity contribution in [1.82, 2.24) is 0 Å². The van der Waals surface area contributed by atoms with Crippen molar-refractivity contribution in [3.05, 3.63) is 82.7 Å². The Hall–Kier alpha value is -2.80. The number of rotatable bonds is 4. The van der Waals surface area contributed by atoms with Crippen LogP contribution in [0.1, 0.15) is 67.7 Å². The van der Waals surface area contributed by atoms with E-state index >= 15 is 4.39 Å². The molecule has 0 spiro atoms. The first kappa shape index (κ1) is 23.4. The Morgan fingerprint density at radius 1 is 0.848 bits per heavy atom. The molecule has 3 aromatic carbocycles. The van der Waals surface area contributed by atoms with Crippen LogP contribution in [0.4, 0.5) is 17.6 Å². The molecular formula is C29H28F4. The molecule has 0 saturated heterocycles. The minimum Gasteiger partial charge on any atom is -0.205 e. The van der Waals surface area contributed by atoms with Crippen molar-refractivity contribution >= 4 is 10.8 Å². The third-order valence-electron chi connectivity index (χ3n) is 6.96. The molecule has 0 bridgehead atoms. The highest BCUT2D eigenvalue weighted by molar-refractivity contribution is 5.85. The first-order chi connectivity index (χ1) is 15.8. The van der Waals surface area contributed by atoms with Gasteiger partial charge in [0.25, 0.3) is 0 Å². The number of fused-ring (bicyclic) bond motifs is 1. The SMILES string of the molecule is CCC1CCC(CCc2ccc3c(F)c(C#Cc4ccc(C(F)(F)F)cc4)ccc3c2)CC1. The van der Waals surface area contributed by atoms with Gasteiger partial charge in [-0.15, -0.1) is 0 Å². The Morgan fingerprint density at radius 2 is 1.55 bits per heavy atom. The molecular weight excluding hydrogens is 424 g/mol. The van der Waals surface area contributed by atoms with Crippen LogP contribution in [-0.2, 0) is 12.6 Å². The molecule has 0 aliphatic heterocycles. The molecule has 0 heterocycles. The van der Waals surface area contributed by atoms with Crippen LogP contribution in [0.25, 0.3) is 10.8 Å². The lowest BCUT2D eigenvalue weighted by molar-refractivity contribution is -0.137. The predicted molar refractivity (Wildman–Crippen MR) is 125 cm³/mol. The van der Waals surface area contributed by atoms with Crippen LogP contribution < -0.4 is 0 Å². The third-order valence-corrected chi connectivity index (χ3v) is 6.96. The summed E-state index contributed by atoms with van der Waals surface area (Å²) in [7, 11) is 0. The van der Waals surface area contributed by atoms with Crippen molar-refractivity contribution in [2.24, 2.45) is 11.8 Å². The minimum absolute atomic E-state index is 0.239. The Bertz CT molecular complexity index is 1150. The Morgan fingerprint density at radius 3 is 2.21 bits per heavy atom. The molecule has 1 aliphatic carbocycles. The second-order valence-corrected chi connectivity index (χ2v) is 9.14. The van der Waals surface area contributed by atoms with E-state index in [4.69, 9.17) is 0 Å². The molecule has 1 fully saturated rings. The van der Waals surface area contributed by atoms with Gasteiger partial charge in [0, 0.05) is 10.9 Å². The number of hydrogen-bond acceptors (Lipinski definition) is 0. The summed E-state index contributed by atoms with van der Waals surface area (Å²) >= 11 is 0. The molecule has 0 atom stereocenters. The summed E-state index contributed by atoms with van der Waals surface area (Å²) in [6.07, 6.45) is 4.43. The van der Waals surface area contributed by atoms with Crippen LogP contribution in [-0.4, -0.2) is 0 Å². The smallest absolute Gasteiger partial charge is 0.205 e. The topological polar surface area (TPSA) is 0 Å². The molecule has 4 rings (SSSR count). The Balaban J connectivity index is 1.45. The molecule has 33 heavy (non-hydrogen) atoms. The van der Waals surface area contributed by atoms with Gasteiger partial charge in [0.05, 0.1) is 11.1 Å². The summed E-state index contributed by atoms with van der Waals surface area (Å²) in [6.45, 7) is 2.28. The molecule has 1 aliphatic rings. The van der Waals surface area contributed by atoms with Crippen molar-refractivity contribution in [2.45, 2.75) is 58.0 Å². The fourth-order valence-electron chi connectivity index (χ4n) is 4.77. The third kappa shape index (κ3) is 5.77. The summed E-state index contributed by atoms with van der Waals surface area (Å²) < 4.78 is 53.1. The zero-order valence-corrected chi connectivity index (χ0v) is 18.8. The van der Waals surface area contributed by atoms with Gasteiger partial charge in [-0.1, -0.05) is 75.1 Å². The number of hydrogen-bond donors (Lipinski definition) is 0. The molecule has 0 amide bonds. The fourth-order valence-corrected chi connectivity index (χ4v) is 4.77. The maximum atomic E-state index is 15.0. The van der Waals surface area contributed by atoms with Crippen LogP contribution in [0.15, 0.2) is 54.6 Å². The molecule has 0 radical (unpaired) electrons. The van der Waals surface area contributed by atoms with Crippen molar-refractivity contribution in [3.8, 4) is 11.8 Å². The standard InChI is InChI=1S/C29H28F4/c1-2-20-3-5-21(6-4-20)7-8-23-12-18-27-25(19-23)15-14-24(28(27)30)13-9-22-10-16-26(17-11-22)29(31,32)33/h10-12,14-21H,2-8H2,1H3. The summed E-state index contributed by atoms with van der Waals surface area (Å²) in [5, 5.41) is 1.36. The van der Waals surface area contributed by atoms with E-state index in [9.17, 15) is 13.2 Å². The molecule has 0 nitrogen and oxygen atoms in total. The number of aryl methyl sites for hydroxylation is 1. The number of benzene rings is 3. The van der Waals surface area contributed by atoms with E-state index in [1.165, 1.54) is 56.2 Å². The van der Waals surface area contributed by atoms with E-state index in [0.29, 0.717) is 10.9 Å². The van der Waals surface area contributed by atoms with Gasteiger partial charge in [-0.05, 0) is 66.0 Å². The van der Waals surface area contributed by atoms with Crippen molar-refractivity contribution < 1.29 is 17.6 Å². The van der Waals surface area contributed by atoms with Crippen LogP contribution in [0.5, 0.6) is 0 Å². The average molecular weight is 453 g/mol. The highest BCUT2D eigenvalue weighted by atomic mass is 19.4. The zero-order chi connectivity index (χ0) is 23.4. The van der Waals surface area contributed by atoms with Gasteiger partial charge < -0.3 is 0 Å². The van der Waals surface area contributed by atoms with Gasteiger partial charge in [-0.2, -0.15) is 13.2 Å². The zero-order valence-electron chi connectivity index (χ0n) is 18.8. The molecule has 0 aromatic heterocycles. The molecule has 0 N–H and O–H groups in total. The van der Waals surface area contributed by atoms with Crippen molar-refractivity contribution in [1.29, 1.82) is 0 Å². The molecule has 4 heteroatoms. The lowest BCUT2D eigenvalue weighted by atomic mass is 9.78. The van der Waals surface area contributed by atoms with E-state index in [2.05, 4.69) is 24.8 Å². The first-order valence-electron chi connectivity index (χ1n) is 11.7. The van der Waals surface area contributed by atoms with E-state index in [0.717, 1.165) is 35.8 Å². The van der Waals surface area contributed by atoms with Crippen LogP contribution in [0, 0.1) is 29.5 Å². The quantitative estimate of drug-likeness (QED) is 0.275. The lowest BCUT2D eigenvalue weighted by Gasteiger charge is -2.27. The van der Waals surface area contributed by atoms with Gasteiger partial charge in [-0.25, -0.2) is 4.39 Å². The highest BCUT2D eigenvalue weighted by Crippen LogP contribution is 2.33. The van der Waals surface area contributed by atoms with E-state index in [1.54, 1.807) is 6.07 Å². The van der Waals surface area contributed by atoms with Crippen LogP contribution in [0.3, 0.4) is 0 Å². The molecule has 1 saturated carbocycles. The van der Waals surface area contributed by atoms with E-state index < -0.39 is 17.6 Å². The van der Waals surface area contributed by atoms with E-state index in [1.807, 2.05) is 18.2 Å². The van der Waals surface area contributed by atoms with Gasteiger partial charge >= 0.3 is 6.18 Å². The van der Waals surface area contributed by atoms with Gasteiger partial charge in [0.1, 0.15) is 5.82 Å². The summed E-state index contributed by atoms with van der Waals surface area (Å²) in [4.78, 5) is 0. The van der Waals surface area contributed by atoms with Gasteiger partial charge in [0.2, 0.25) is 0 Å². The summed E-state index contributed by atoms with van der Waals surface area (Å²) in [6, 6.07) is 14.0. The first-order valence-corrected chi connectivity index (χ1v) is 11.7. The fraction of sp³-hybridized carbons (Fsp3) is 0.379. The predicted octanol–water partition coefficient (Wildman–Crippen LogP) is 8.55. The van der Waals surface area contributed by atoms with Crippen LogP contribution in [0.2, 0.25) is 0 Å². The average Bonchev–Trinajstić information content (AvgIpc) is 2.82. The Labute approximate surface area is 193 Å². The van der Waals surface area contributed by atoms with Crippen LogP contribution >= 0.6 is 0 Å². The Kier molecular flexibility index (Phi) is 7.08. The largest absolute Gasteiger partial charge is 0.416 e. The highest BCUT2D eigenvalue weighted by Gasteiger charge is 2.29. The number of halogens is 4. The van der Waals surface area contributed by atoms with Crippen molar-refractivity contribution in [3.63, 3.8) is 0 Å². The number of alkyl halides is 3. The maximum Gasteiger partial charge on any atom is 0.416 e. The lowest BCUT2D eigenvalue weighted by Crippen LogP contribution is -2.14.